The fraction of sp³-hybridized carbons (Fsp3) is 0.929. The predicted octanol–water partition coefficient (Wildman–Crippen LogP) is 0.856. The predicted molar refractivity (Wildman–Crippen MR) is 89.4 cm³/mol. The average Bonchev–Trinajstić information content (AvgIpc) is 2.37. The smallest absolute Gasteiger partial charge is 0.225 e. The monoisotopic (exact) mass is 353 g/mol. The fourth-order valence-electron chi connectivity index (χ4n) is 3.45. The lowest BCUT2D eigenvalue weighted by atomic mass is 9.74. The second-order valence-electron chi connectivity index (χ2n) is 6.77. The van der Waals surface area contributed by atoms with E-state index in [1.165, 1.54) is 10.6 Å². The van der Waals surface area contributed by atoms with Crippen LogP contribution >= 0.6 is 12.4 Å². The number of nitrogens with one attached hydrogen (secondary N) is 1. The zero-order valence-electron chi connectivity index (χ0n) is 13.4. The van der Waals surface area contributed by atoms with Crippen molar-refractivity contribution in [2.75, 3.05) is 19.3 Å². The van der Waals surface area contributed by atoms with Gasteiger partial charge in [0.05, 0.1) is 12.2 Å². The lowest BCUT2D eigenvalue weighted by Crippen LogP contribution is -2.56. The quantitative estimate of drug-likeness (QED) is 0.786. The molecule has 1 heterocycles. The van der Waals surface area contributed by atoms with Gasteiger partial charge < -0.3 is 11.1 Å². The Balaban J connectivity index is 0.00000242. The van der Waals surface area contributed by atoms with Crippen LogP contribution in [0.15, 0.2) is 0 Å². The number of halogens is 1. The third kappa shape index (κ3) is 4.81. The van der Waals surface area contributed by atoms with E-state index in [0.29, 0.717) is 13.1 Å². The normalized spacial score (nSPS) is 33.8. The lowest BCUT2D eigenvalue weighted by molar-refractivity contribution is -0.129. The summed E-state index contributed by atoms with van der Waals surface area (Å²) in [5, 5.41) is 3.02. The minimum Gasteiger partial charge on any atom is -0.352 e. The van der Waals surface area contributed by atoms with Crippen LogP contribution in [0.2, 0.25) is 0 Å². The van der Waals surface area contributed by atoms with Gasteiger partial charge in [0.25, 0.3) is 0 Å². The molecule has 1 aliphatic carbocycles. The summed E-state index contributed by atoms with van der Waals surface area (Å²) >= 11 is 0. The first-order valence-corrected chi connectivity index (χ1v) is 9.59. The van der Waals surface area contributed by atoms with Gasteiger partial charge in [-0.3, -0.25) is 4.79 Å². The molecule has 130 valence electrons. The molecule has 2 rings (SSSR count). The van der Waals surface area contributed by atoms with Crippen molar-refractivity contribution in [1.29, 1.82) is 0 Å². The summed E-state index contributed by atoms with van der Waals surface area (Å²) in [5.41, 5.74) is 5.81. The Labute approximate surface area is 139 Å². The van der Waals surface area contributed by atoms with E-state index >= 15 is 0 Å². The van der Waals surface area contributed by atoms with E-state index in [9.17, 15) is 13.2 Å². The number of piperidine rings is 1. The molecule has 3 N–H and O–H groups in total. The number of carbonyl (C=O) groups excluding carboxylic acids is 1. The largest absolute Gasteiger partial charge is 0.352 e. The maximum Gasteiger partial charge on any atom is 0.225 e. The summed E-state index contributed by atoms with van der Waals surface area (Å²) < 4.78 is 24.7. The van der Waals surface area contributed by atoms with Crippen molar-refractivity contribution in [2.45, 2.75) is 57.0 Å². The molecule has 1 amide bonds. The summed E-state index contributed by atoms with van der Waals surface area (Å²) in [6.07, 6.45) is 6.61. The van der Waals surface area contributed by atoms with Crippen LogP contribution in [0.3, 0.4) is 0 Å². The molecular weight excluding hydrogens is 326 g/mol. The van der Waals surface area contributed by atoms with Crippen LogP contribution in [0.25, 0.3) is 0 Å². The van der Waals surface area contributed by atoms with E-state index in [4.69, 9.17) is 5.73 Å². The third-order valence-corrected chi connectivity index (χ3v) is 6.04. The zero-order chi connectivity index (χ0) is 15.7. The summed E-state index contributed by atoms with van der Waals surface area (Å²) in [7, 11) is -3.18. The topological polar surface area (TPSA) is 92.5 Å². The molecule has 1 aliphatic heterocycles. The minimum absolute atomic E-state index is 0. The molecule has 0 radical (unpaired) electrons. The van der Waals surface area contributed by atoms with E-state index in [2.05, 4.69) is 5.32 Å². The van der Waals surface area contributed by atoms with Crippen molar-refractivity contribution >= 4 is 28.3 Å². The highest BCUT2D eigenvalue weighted by molar-refractivity contribution is 7.88. The Bertz CT molecular complexity index is 496. The van der Waals surface area contributed by atoms with Crippen molar-refractivity contribution < 1.29 is 13.2 Å². The molecule has 1 saturated heterocycles. The standard InChI is InChI=1S/C14H27N3O3S.ClH/c1-14(15)8-4-3-7-12(14)13(18)16-11-6-5-9-17(10-11)21(2,19)20;/h11-12H,3-10,15H2,1-2H3,(H,16,18);1H. The molecule has 8 heteroatoms. The van der Waals surface area contributed by atoms with Gasteiger partial charge in [0.2, 0.25) is 15.9 Å². The van der Waals surface area contributed by atoms with Crippen molar-refractivity contribution in [3.8, 4) is 0 Å². The van der Waals surface area contributed by atoms with Gasteiger partial charge in [0.1, 0.15) is 0 Å². The van der Waals surface area contributed by atoms with Gasteiger partial charge in [0, 0.05) is 24.7 Å². The molecule has 6 nitrogen and oxygen atoms in total. The summed E-state index contributed by atoms with van der Waals surface area (Å²) in [5.74, 6) is -0.181. The molecule has 0 bridgehead atoms. The SMILES string of the molecule is CC1(N)CCCCC1C(=O)NC1CCCN(S(C)(=O)=O)C1.Cl. The lowest BCUT2D eigenvalue weighted by Gasteiger charge is -2.39. The van der Waals surface area contributed by atoms with Gasteiger partial charge in [-0.05, 0) is 32.6 Å². The van der Waals surface area contributed by atoms with Gasteiger partial charge in [-0.15, -0.1) is 12.4 Å². The van der Waals surface area contributed by atoms with Gasteiger partial charge in [-0.25, -0.2) is 12.7 Å². The van der Waals surface area contributed by atoms with E-state index in [0.717, 1.165) is 38.5 Å². The zero-order valence-corrected chi connectivity index (χ0v) is 15.0. The minimum atomic E-state index is -3.18. The van der Waals surface area contributed by atoms with Crippen LogP contribution in [0.4, 0.5) is 0 Å². The number of rotatable bonds is 3. The maximum atomic E-state index is 12.5. The fourth-order valence-corrected chi connectivity index (χ4v) is 4.36. The average molecular weight is 354 g/mol. The van der Waals surface area contributed by atoms with Crippen LogP contribution < -0.4 is 11.1 Å². The second kappa shape index (κ2) is 7.47. The Morgan fingerprint density at radius 1 is 1.27 bits per heavy atom. The first-order valence-electron chi connectivity index (χ1n) is 7.74. The Hall–Kier alpha value is -0.370. The van der Waals surface area contributed by atoms with Gasteiger partial charge in [0.15, 0.2) is 0 Å². The van der Waals surface area contributed by atoms with E-state index in [-0.39, 0.29) is 30.3 Å². The molecule has 0 spiro atoms. The number of sulfonamides is 1. The van der Waals surface area contributed by atoms with Crippen molar-refractivity contribution in [3.63, 3.8) is 0 Å². The van der Waals surface area contributed by atoms with Crippen LogP contribution in [-0.4, -0.2) is 49.6 Å². The summed E-state index contributed by atoms with van der Waals surface area (Å²) in [6.45, 7) is 2.86. The Kier molecular flexibility index (Phi) is 6.68. The van der Waals surface area contributed by atoms with Crippen molar-refractivity contribution in [3.05, 3.63) is 0 Å². The first kappa shape index (κ1) is 19.7. The number of hydrogen-bond donors (Lipinski definition) is 2. The molecule has 22 heavy (non-hydrogen) atoms. The first-order chi connectivity index (χ1) is 9.70. The van der Waals surface area contributed by atoms with Gasteiger partial charge in [-0.1, -0.05) is 12.8 Å². The highest BCUT2D eigenvalue weighted by Crippen LogP contribution is 2.32. The number of amides is 1. The molecule has 3 unspecified atom stereocenters. The Morgan fingerprint density at radius 3 is 2.55 bits per heavy atom. The number of carbonyl (C=O) groups is 1. The molecule has 2 aliphatic rings. The van der Waals surface area contributed by atoms with E-state index in [1.54, 1.807) is 0 Å². The highest BCUT2D eigenvalue weighted by Gasteiger charge is 2.39. The number of hydrogen-bond acceptors (Lipinski definition) is 4. The molecule has 0 aromatic carbocycles. The van der Waals surface area contributed by atoms with Gasteiger partial charge in [-0.2, -0.15) is 0 Å². The summed E-state index contributed by atoms with van der Waals surface area (Å²) in [4.78, 5) is 12.5. The maximum absolute atomic E-state index is 12.5. The number of nitrogens with zero attached hydrogens (tertiary/aromatic N) is 1. The molecular formula is C14H28ClN3O3S. The molecule has 0 aromatic heterocycles. The van der Waals surface area contributed by atoms with Crippen LogP contribution in [0.5, 0.6) is 0 Å². The van der Waals surface area contributed by atoms with Crippen molar-refractivity contribution in [1.82, 2.24) is 9.62 Å². The molecule has 0 aromatic rings. The van der Waals surface area contributed by atoms with E-state index in [1.807, 2.05) is 6.92 Å². The van der Waals surface area contributed by atoms with Crippen LogP contribution in [0, 0.1) is 5.92 Å². The highest BCUT2D eigenvalue weighted by atomic mass is 35.5. The number of nitrogens with two attached hydrogens (primary N) is 1. The third-order valence-electron chi connectivity index (χ3n) is 4.77. The molecule has 3 atom stereocenters. The molecule has 2 fully saturated rings. The van der Waals surface area contributed by atoms with Crippen LogP contribution in [-0.2, 0) is 14.8 Å². The van der Waals surface area contributed by atoms with Gasteiger partial charge >= 0.3 is 0 Å². The van der Waals surface area contributed by atoms with E-state index < -0.39 is 15.6 Å². The van der Waals surface area contributed by atoms with Crippen molar-refractivity contribution in [2.24, 2.45) is 11.7 Å². The van der Waals surface area contributed by atoms with Crippen LogP contribution in [0.1, 0.15) is 45.4 Å². The Morgan fingerprint density at radius 2 is 1.95 bits per heavy atom. The summed E-state index contributed by atoms with van der Waals surface area (Å²) in [6, 6.07) is -0.0984. The molecule has 1 saturated carbocycles. The second-order valence-corrected chi connectivity index (χ2v) is 8.76.